The quantitative estimate of drug-likeness (QED) is 0.410. The standard InChI is InChI=1S/C19H19ClN2O3S/c1-12(26-17-10-8-16(9-11-17)22(24)25)19(23)21-18(13-2-3-13)14-4-6-15(20)7-5-14/h4-13,18H,2-3H2,1H3,(H,21,23). The van der Waals surface area contributed by atoms with Crippen molar-refractivity contribution in [3.8, 4) is 0 Å². The summed E-state index contributed by atoms with van der Waals surface area (Å²) in [6, 6.07) is 13.8. The van der Waals surface area contributed by atoms with Crippen LogP contribution in [0.15, 0.2) is 53.4 Å². The zero-order chi connectivity index (χ0) is 18.7. The minimum absolute atomic E-state index is 0.000299. The Morgan fingerprint density at radius 1 is 1.19 bits per heavy atom. The van der Waals surface area contributed by atoms with E-state index in [-0.39, 0.29) is 22.9 Å². The third-order valence-corrected chi connectivity index (χ3v) is 5.71. The molecular weight excluding hydrogens is 372 g/mol. The summed E-state index contributed by atoms with van der Waals surface area (Å²) in [4.78, 5) is 23.7. The highest BCUT2D eigenvalue weighted by Gasteiger charge is 2.34. The monoisotopic (exact) mass is 390 g/mol. The maximum absolute atomic E-state index is 12.6. The Kier molecular flexibility index (Phi) is 5.84. The highest BCUT2D eigenvalue weighted by atomic mass is 35.5. The van der Waals surface area contributed by atoms with Crippen LogP contribution in [0.5, 0.6) is 0 Å². The number of carbonyl (C=O) groups is 1. The van der Waals surface area contributed by atoms with E-state index in [2.05, 4.69) is 5.32 Å². The lowest BCUT2D eigenvalue weighted by atomic mass is 10.0. The summed E-state index contributed by atoms with van der Waals surface area (Å²) in [5, 5.41) is 14.2. The molecule has 1 amide bonds. The predicted octanol–water partition coefficient (Wildman–Crippen LogP) is 5.00. The van der Waals surface area contributed by atoms with Crippen LogP contribution in [0, 0.1) is 16.0 Å². The molecule has 1 aliphatic carbocycles. The number of hydrogen-bond acceptors (Lipinski definition) is 4. The number of benzene rings is 2. The van der Waals surface area contributed by atoms with Gasteiger partial charge >= 0.3 is 0 Å². The van der Waals surface area contributed by atoms with Gasteiger partial charge in [0.15, 0.2) is 0 Å². The van der Waals surface area contributed by atoms with Crippen LogP contribution in [-0.2, 0) is 4.79 Å². The molecule has 2 atom stereocenters. The third kappa shape index (κ3) is 4.77. The number of amides is 1. The second-order valence-corrected chi connectivity index (χ2v) is 8.24. The van der Waals surface area contributed by atoms with E-state index >= 15 is 0 Å². The summed E-state index contributed by atoms with van der Waals surface area (Å²) in [5.41, 5.74) is 1.11. The van der Waals surface area contributed by atoms with Gasteiger partial charge in [0.05, 0.1) is 16.2 Å². The fraction of sp³-hybridized carbons (Fsp3) is 0.316. The van der Waals surface area contributed by atoms with E-state index in [0.29, 0.717) is 10.9 Å². The minimum atomic E-state index is -0.434. The molecule has 2 unspecified atom stereocenters. The summed E-state index contributed by atoms with van der Waals surface area (Å²) < 4.78 is 0. The van der Waals surface area contributed by atoms with E-state index < -0.39 is 4.92 Å². The fourth-order valence-electron chi connectivity index (χ4n) is 2.75. The molecule has 136 valence electrons. The van der Waals surface area contributed by atoms with Gasteiger partial charge in [0.25, 0.3) is 5.69 Å². The fourth-order valence-corrected chi connectivity index (χ4v) is 3.75. The van der Waals surface area contributed by atoms with Gasteiger partial charge in [-0.1, -0.05) is 23.7 Å². The van der Waals surface area contributed by atoms with Gasteiger partial charge < -0.3 is 5.32 Å². The molecule has 2 aromatic carbocycles. The Morgan fingerprint density at radius 3 is 2.35 bits per heavy atom. The first-order chi connectivity index (χ1) is 12.4. The molecule has 0 aliphatic heterocycles. The number of non-ortho nitro benzene ring substituents is 1. The third-order valence-electron chi connectivity index (χ3n) is 4.35. The molecule has 0 spiro atoms. The highest BCUT2D eigenvalue weighted by molar-refractivity contribution is 8.00. The molecule has 2 aromatic rings. The molecule has 0 aromatic heterocycles. The van der Waals surface area contributed by atoms with Crippen molar-refractivity contribution in [1.29, 1.82) is 0 Å². The average molecular weight is 391 g/mol. The Morgan fingerprint density at radius 2 is 1.81 bits per heavy atom. The van der Waals surface area contributed by atoms with Crippen molar-refractivity contribution in [2.75, 3.05) is 0 Å². The van der Waals surface area contributed by atoms with E-state index in [4.69, 9.17) is 11.6 Å². The lowest BCUT2D eigenvalue weighted by Gasteiger charge is -2.21. The van der Waals surface area contributed by atoms with E-state index in [0.717, 1.165) is 23.3 Å². The Labute approximate surface area is 161 Å². The van der Waals surface area contributed by atoms with Gasteiger partial charge in [-0.25, -0.2) is 0 Å². The van der Waals surface area contributed by atoms with Gasteiger partial charge in [-0.15, -0.1) is 11.8 Å². The van der Waals surface area contributed by atoms with Crippen molar-refractivity contribution in [1.82, 2.24) is 5.32 Å². The van der Waals surface area contributed by atoms with Crippen molar-refractivity contribution in [3.63, 3.8) is 0 Å². The van der Waals surface area contributed by atoms with Crippen LogP contribution < -0.4 is 5.32 Å². The molecule has 0 heterocycles. The van der Waals surface area contributed by atoms with E-state index in [1.54, 1.807) is 12.1 Å². The molecule has 1 saturated carbocycles. The van der Waals surface area contributed by atoms with Crippen LogP contribution in [0.1, 0.15) is 31.4 Å². The second kappa shape index (κ2) is 8.10. The molecule has 0 bridgehead atoms. The number of hydrogen-bond donors (Lipinski definition) is 1. The Hall–Kier alpha value is -2.05. The number of rotatable bonds is 7. The molecule has 5 nitrogen and oxygen atoms in total. The summed E-state index contributed by atoms with van der Waals surface area (Å²) in [7, 11) is 0. The zero-order valence-electron chi connectivity index (χ0n) is 14.2. The maximum Gasteiger partial charge on any atom is 0.269 e. The lowest BCUT2D eigenvalue weighted by Crippen LogP contribution is -2.35. The largest absolute Gasteiger partial charge is 0.348 e. The zero-order valence-corrected chi connectivity index (χ0v) is 15.8. The number of halogens is 1. The summed E-state index contributed by atoms with van der Waals surface area (Å²) in [5.74, 6) is 0.428. The number of nitrogens with zero attached hydrogens (tertiary/aromatic N) is 1. The van der Waals surface area contributed by atoms with Crippen LogP contribution in [0.25, 0.3) is 0 Å². The molecule has 1 N–H and O–H groups in total. The van der Waals surface area contributed by atoms with Gasteiger partial charge in [0.2, 0.25) is 5.91 Å². The van der Waals surface area contributed by atoms with Crippen molar-refractivity contribution < 1.29 is 9.72 Å². The molecule has 7 heteroatoms. The average Bonchev–Trinajstić information content (AvgIpc) is 3.45. The van der Waals surface area contributed by atoms with Crippen LogP contribution in [0.3, 0.4) is 0 Å². The van der Waals surface area contributed by atoms with Gasteiger partial charge in [-0.3, -0.25) is 14.9 Å². The first-order valence-electron chi connectivity index (χ1n) is 8.41. The van der Waals surface area contributed by atoms with Crippen molar-refractivity contribution >= 4 is 35.0 Å². The van der Waals surface area contributed by atoms with Crippen LogP contribution in [0.2, 0.25) is 5.02 Å². The minimum Gasteiger partial charge on any atom is -0.348 e. The van der Waals surface area contributed by atoms with E-state index in [1.165, 1.54) is 23.9 Å². The van der Waals surface area contributed by atoms with Crippen molar-refractivity contribution in [3.05, 3.63) is 69.2 Å². The molecular formula is C19H19ClN2O3S. The van der Waals surface area contributed by atoms with Gasteiger partial charge in [0.1, 0.15) is 0 Å². The molecule has 1 aliphatic rings. The summed E-state index contributed by atoms with van der Waals surface area (Å²) in [6.07, 6.45) is 2.22. The second-order valence-electron chi connectivity index (χ2n) is 6.39. The first-order valence-corrected chi connectivity index (χ1v) is 9.67. The SMILES string of the molecule is CC(Sc1ccc([N+](=O)[O-])cc1)C(=O)NC(c1ccc(Cl)cc1)C1CC1. The van der Waals surface area contributed by atoms with E-state index in [9.17, 15) is 14.9 Å². The highest BCUT2D eigenvalue weighted by Crippen LogP contribution is 2.41. The molecule has 0 radical (unpaired) electrons. The van der Waals surface area contributed by atoms with Crippen LogP contribution in [-0.4, -0.2) is 16.1 Å². The van der Waals surface area contributed by atoms with Crippen molar-refractivity contribution in [2.24, 2.45) is 5.92 Å². The smallest absolute Gasteiger partial charge is 0.269 e. The maximum atomic E-state index is 12.6. The van der Waals surface area contributed by atoms with Crippen molar-refractivity contribution in [2.45, 2.75) is 36.0 Å². The molecule has 0 saturated heterocycles. The Bertz CT molecular complexity index is 791. The van der Waals surface area contributed by atoms with Gasteiger partial charge in [-0.2, -0.15) is 0 Å². The lowest BCUT2D eigenvalue weighted by molar-refractivity contribution is -0.384. The topological polar surface area (TPSA) is 72.2 Å². The Balaban J connectivity index is 1.63. The molecule has 1 fully saturated rings. The van der Waals surface area contributed by atoms with Crippen LogP contribution >= 0.6 is 23.4 Å². The van der Waals surface area contributed by atoms with Crippen LogP contribution in [0.4, 0.5) is 5.69 Å². The first kappa shape index (κ1) is 18.7. The summed E-state index contributed by atoms with van der Waals surface area (Å²) in [6.45, 7) is 1.84. The van der Waals surface area contributed by atoms with Gasteiger partial charge in [-0.05, 0) is 55.5 Å². The predicted molar refractivity (Wildman–Crippen MR) is 103 cm³/mol. The number of nitro benzene ring substituents is 1. The normalized spacial score (nSPS) is 15.9. The molecule has 3 rings (SSSR count). The van der Waals surface area contributed by atoms with Gasteiger partial charge in [0, 0.05) is 22.1 Å². The summed E-state index contributed by atoms with van der Waals surface area (Å²) >= 11 is 7.34. The number of nitro groups is 1. The van der Waals surface area contributed by atoms with E-state index in [1.807, 2.05) is 31.2 Å². The number of carbonyl (C=O) groups excluding carboxylic acids is 1. The number of nitrogens with one attached hydrogen (secondary N) is 1. The number of thioether (sulfide) groups is 1. The molecule has 26 heavy (non-hydrogen) atoms.